The maximum Gasteiger partial charge on any atom is 0.302 e. The van der Waals surface area contributed by atoms with Gasteiger partial charge in [-0.3, -0.25) is 4.79 Å². The first-order valence-corrected chi connectivity index (χ1v) is 6.31. The minimum absolute atomic E-state index is 0.0977. The van der Waals surface area contributed by atoms with Gasteiger partial charge in [0.1, 0.15) is 0 Å². The van der Waals surface area contributed by atoms with Crippen molar-refractivity contribution in [2.45, 2.75) is 52.9 Å². The van der Waals surface area contributed by atoms with E-state index in [9.17, 15) is 4.79 Å². The van der Waals surface area contributed by atoms with E-state index in [4.69, 9.17) is 14.2 Å². The minimum atomic E-state index is -0.487. The molecule has 4 nitrogen and oxygen atoms in total. The number of carbonyl (C=O) groups is 1. The van der Waals surface area contributed by atoms with E-state index >= 15 is 0 Å². The highest BCUT2D eigenvalue weighted by molar-refractivity contribution is 5.65. The lowest BCUT2D eigenvalue weighted by Crippen LogP contribution is -2.32. The molecule has 0 aliphatic carbocycles. The summed E-state index contributed by atoms with van der Waals surface area (Å²) in [7, 11) is 0. The van der Waals surface area contributed by atoms with Crippen molar-refractivity contribution in [2.75, 3.05) is 13.2 Å². The fraction of sp³-hybridized carbons (Fsp3) is 0.923. The average molecular weight is 244 g/mol. The third-order valence-corrected chi connectivity index (χ3v) is 3.26. The zero-order valence-electron chi connectivity index (χ0n) is 11.5. The van der Waals surface area contributed by atoms with Crippen LogP contribution in [0.4, 0.5) is 0 Å². The molecule has 0 saturated carbocycles. The van der Waals surface area contributed by atoms with Crippen molar-refractivity contribution in [2.24, 2.45) is 11.8 Å². The molecule has 0 spiro atoms. The molecule has 1 rings (SSSR count). The number of hydrogen-bond acceptors (Lipinski definition) is 4. The van der Waals surface area contributed by atoms with Gasteiger partial charge in [0, 0.05) is 6.92 Å². The summed E-state index contributed by atoms with van der Waals surface area (Å²) in [4.78, 5) is 10.8. The molecule has 4 heteroatoms. The van der Waals surface area contributed by atoms with Crippen LogP contribution >= 0.6 is 0 Å². The van der Waals surface area contributed by atoms with E-state index in [1.165, 1.54) is 6.92 Å². The van der Waals surface area contributed by atoms with Gasteiger partial charge in [-0.15, -0.1) is 0 Å². The van der Waals surface area contributed by atoms with Gasteiger partial charge in [0.25, 0.3) is 0 Å². The van der Waals surface area contributed by atoms with Gasteiger partial charge in [0.05, 0.1) is 19.3 Å². The Morgan fingerprint density at radius 3 is 2.59 bits per heavy atom. The van der Waals surface area contributed by atoms with E-state index in [-0.39, 0.29) is 18.0 Å². The molecule has 3 unspecified atom stereocenters. The molecule has 0 amide bonds. The molecule has 1 aliphatic rings. The summed E-state index contributed by atoms with van der Waals surface area (Å²) in [6.07, 6.45) is 1.09. The van der Waals surface area contributed by atoms with Crippen LogP contribution in [-0.4, -0.2) is 31.1 Å². The zero-order valence-corrected chi connectivity index (χ0v) is 11.5. The Kier molecular flexibility index (Phi) is 4.95. The quantitative estimate of drug-likeness (QED) is 0.696. The summed E-state index contributed by atoms with van der Waals surface area (Å²) >= 11 is 0. The zero-order chi connectivity index (χ0) is 13.1. The first-order chi connectivity index (χ1) is 7.85. The van der Waals surface area contributed by atoms with Gasteiger partial charge < -0.3 is 14.2 Å². The molecule has 1 heterocycles. The largest absolute Gasteiger partial charge is 0.466 e. The second-order valence-corrected chi connectivity index (χ2v) is 5.22. The highest BCUT2D eigenvalue weighted by Gasteiger charge is 2.38. The van der Waals surface area contributed by atoms with Gasteiger partial charge in [-0.25, -0.2) is 0 Å². The highest BCUT2D eigenvalue weighted by Crippen LogP contribution is 2.32. The lowest BCUT2D eigenvalue weighted by Gasteiger charge is -2.27. The van der Waals surface area contributed by atoms with Crippen molar-refractivity contribution in [1.82, 2.24) is 0 Å². The predicted octanol–water partition coefficient (Wildman–Crippen LogP) is 2.36. The molecule has 1 saturated heterocycles. The third kappa shape index (κ3) is 4.28. The number of carbonyl (C=O) groups excluding carboxylic acids is 1. The fourth-order valence-corrected chi connectivity index (χ4v) is 2.33. The average Bonchev–Trinajstić information content (AvgIpc) is 2.57. The van der Waals surface area contributed by atoms with Crippen molar-refractivity contribution in [3.63, 3.8) is 0 Å². The fourth-order valence-electron chi connectivity index (χ4n) is 2.33. The number of rotatable bonds is 5. The van der Waals surface area contributed by atoms with Crippen LogP contribution in [-0.2, 0) is 19.0 Å². The molecule has 1 aliphatic heterocycles. The Labute approximate surface area is 104 Å². The summed E-state index contributed by atoms with van der Waals surface area (Å²) < 4.78 is 16.5. The first kappa shape index (κ1) is 14.5. The summed E-state index contributed by atoms with van der Waals surface area (Å²) in [6.45, 7) is 10.6. The van der Waals surface area contributed by atoms with E-state index in [1.54, 1.807) is 0 Å². The standard InChI is InChI=1S/C13H24O4/c1-6-11(9(2)7-15-10(3)14)12-8-16-13(4,5)17-12/h9,11-12H,6-8H2,1-5H3. The Morgan fingerprint density at radius 1 is 1.53 bits per heavy atom. The summed E-state index contributed by atoms with van der Waals surface area (Å²) in [5.74, 6) is -0.0719. The molecule has 0 aromatic rings. The third-order valence-electron chi connectivity index (χ3n) is 3.26. The van der Waals surface area contributed by atoms with Gasteiger partial charge in [-0.1, -0.05) is 20.3 Å². The van der Waals surface area contributed by atoms with Gasteiger partial charge in [-0.2, -0.15) is 0 Å². The molecule has 17 heavy (non-hydrogen) atoms. The second kappa shape index (κ2) is 5.83. The van der Waals surface area contributed by atoms with Crippen LogP contribution in [0.5, 0.6) is 0 Å². The highest BCUT2D eigenvalue weighted by atomic mass is 16.7. The summed E-state index contributed by atoms with van der Waals surface area (Å²) in [5.41, 5.74) is 0. The lowest BCUT2D eigenvalue weighted by atomic mass is 9.87. The van der Waals surface area contributed by atoms with Crippen molar-refractivity contribution < 1.29 is 19.0 Å². The van der Waals surface area contributed by atoms with Crippen LogP contribution in [0.3, 0.4) is 0 Å². The monoisotopic (exact) mass is 244 g/mol. The van der Waals surface area contributed by atoms with Gasteiger partial charge in [0.2, 0.25) is 0 Å². The number of ether oxygens (including phenoxy) is 3. The molecular formula is C13H24O4. The molecule has 0 radical (unpaired) electrons. The van der Waals surface area contributed by atoms with Gasteiger partial charge in [-0.05, 0) is 25.7 Å². The molecular weight excluding hydrogens is 220 g/mol. The van der Waals surface area contributed by atoms with Crippen LogP contribution in [0.25, 0.3) is 0 Å². The second-order valence-electron chi connectivity index (χ2n) is 5.22. The summed E-state index contributed by atoms with van der Waals surface area (Å²) in [6, 6.07) is 0. The lowest BCUT2D eigenvalue weighted by molar-refractivity contribution is -0.152. The molecule has 0 aromatic carbocycles. The van der Waals surface area contributed by atoms with E-state index in [1.807, 2.05) is 13.8 Å². The smallest absolute Gasteiger partial charge is 0.302 e. The Bertz CT molecular complexity index is 262. The maximum absolute atomic E-state index is 10.8. The van der Waals surface area contributed by atoms with Crippen LogP contribution in [0.15, 0.2) is 0 Å². The van der Waals surface area contributed by atoms with Crippen LogP contribution in [0.1, 0.15) is 41.0 Å². The normalized spacial score (nSPS) is 26.5. The molecule has 1 fully saturated rings. The Balaban J connectivity index is 2.50. The predicted molar refractivity (Wildman–Crippen MR) is 64.5 cm³/mol. The van der Waals surface area contributed by atoms with Crippen LogP contribution in [0.2, 0.25) is 0 Å². The van der Waals surface area contributed by atoms with Crippen molar-refractivity contribution in [1.29, 1.82) is 0 Å². The topological polar surface area (TPSA) is 44.8 Å². The molecule has 100 valence electrons. The van der Waals surface area contributed by atoms with E-state index in [0.29, 0.717) is 19.1 Å². The van der Waals surface area contributed by atoms with E-state index < -0.39 is 5.79 Å². The minimum Gasteiger partial charge on any atom is -0.466 e. The Morgan fingerprint density at radius 2 is 2.18 bits per heavy atom. The molecule has 3 atom stereocenters. The summed E-state index contributed by atoms with van der Waals surface area (Å²) in [5, 5.41) is 0. The SMILES string of the molecule is CCC(C(C)COC(C)=O)C1COC(C)(C)O1. The van der Waals surface area contributed by atoms with Crippen molar-refractivity contribution in [3.8, 4) is 0 Å². The van der Waals surface area contributed by atoms with Crippen LogP contribution in [0, 0.1) is 11.8 Å². The van der Waals surface area contributed by atoms with Gasteiger partial charge in [0.15, 0.2) is 5.79 Å². The van der Waals surface area contributed by atoms with E-state index in [0.717, 1.165) is 6.42 Å². The van der Waals surface area contributed by atoms with Crippen molar-refractivity contribution in [3.05, 3.63) is 0 Å². The van der Waals surface area contributed by atoms with Crippen LogP contribution < -0.4 is 0 Å². The number of esters is 1. The first-order valence-electron chi connectivity index (χ1n) is 6.31. The van der Waals surface area contributed by atoms with E-state index in [2.05, 4.69) is 13.8 Å². The van der Waals surface area contributed by atoms with Crippen molar-refractivity contribution >= 4 is 5.97 Å². The maximum atomic E-state index is 10.8. The molecule has 0 bridgehead atoms. The molecule has 0 N–H and O–H groups in total. The van der Waals surface area contributed by atoms with Gasteiger partial charge >= 0.3 is 5.97 Å². The number of hydrogen-bond donors (Lipinski definition) is 0. The Hall–Kier alpha value is -0.610. The molecule has 0 aromatic heterocycles.